The van der Waals surface area contributed by atoms with Gasteiger partial charge in [-0.15, -0.1) is 0 Å². The molecular formula is C10H16N2O7S. The molecule has 9 nitrogen and oxygen atoms in total. The van der Waals surface area contributed by atoms with Crippen molar-refractivity contribution in [2.24, 2.45) is 0 Å². The number of carbonyl (C=O) groups is 3. The van der Waals surface area contributed by atoms with Crippen LogP contribution in [0.15, 0.2) is 0 Å². The fraction of sp³-hybridized carbons (Fsp3) is 0.700. The molecule has 0 spiro atoms. The zero-order valence-corrected chi connectivity index (χ0v) is 11.5. The van der Waals surface area contributed by atoms with Crippen molar-refractivity contribution < 1.29 is 32.6 Å². The van der Waals surface area contributed by atoms with Crippen LogP contribution in [-0.2, 0) is 24.2 Å². The number of carbonyl (C=O) groups excluding carboxylic acids is 2. The van der Waals surface area contributed by atoms with E-state index in [1.165, 1.54) is 4.90 Å². The Balaban J connectivity index is 2.38. The predicted molar refractivity (Wildman–Crippen MR) is 66.8 cm³/mol. The number of nitrogens with one attached hydrogen (secondary N) is 1. The van der Waals surface area contributed by atoms with Gasteiger partial charge in [0.15, 0.2) is 9.84 Å². The van der Waals surface area contributed by atoms with Crippen molar-refractivity contribution in [2.45, 2.75) is 6.42 Å². The lowest BCUT2D eigenvalue weighted by atomic mass is 10.4. The van der Waals surface area contributed by atoms with Gasteiger partial charge in [-0.05, 0) is 6.42 Å². The van der Waals surface area contributed by atoms with Gasteiger partial charge in [-0.1, -0.05) is 0 Å². The van der Waals surface area contributed by atoms with Crippen LogP contribution in [0.3, 0.4) is 0 Å². The Morgan fingerprint density at radius 2 is 1.85 bits per heavy atom. The molecule has 1 aliphatic heterocycles. The van der Waals surface area contributed by atoms with Crippen molar-refractivity contribution in [3.05, 3.63) is 0 Å². The summed E-state index contributed by atoms with van der Waals surface area (Å²) in [6, 6.07) is -0.703. The summed E-state index contributed by atoms with van der Waals surface area (Å²) >= 11 is 0. The quantitative estimate of drug-likeness (QED) is 0.642. The Morgan fingerprint density at radius 1 is 1.15 bits per heavy atom. The number of amides is 3. The van der Waals surface area contributed by atoms with Gasteiger partial charge in [0.2, 0.25) is 0 Å². The zero-order valence-electron chi connectivity index (χ0n) is 10.7. The first-order valence-corrected chi connectivity index (χ1v) is 7.71. The SMILES string of the molecule is O=C(O)COCC(=O)NC(=O)N1CCCS(=O)(=O)CC1. The second-order valence-corrected chi connectivity index (χ2v) is 6.54. The highest BCUT2D eigenvalue weighted by molar-refractivity contribution is 7.91. The molecule has 0 aliphatic carbocycles. The molecule has 0 saturated carbocycles. The lowest BCUT2D eigenvalue weighted by Crippen LogP contribution is -2.45. The van der Waals surface area contributed by atoms with E-state index in [0.29, 0.717) is 6.42 Å². The van der Waals surface area contributed by atoms with E-state index >= 15 is 0 Å². The Labute approximate surface area is 115 Å². The third-order valence-corrected chi connectivity index (χ3v) is 4.26. The first kappa shape index (κ1) is 16.4. The second kappa shape index (κ2) is 7.20. The summed E-state index contributed by atoms with van der Waals surface area (Å²) in [6.45, 7) is -0.917. The summed E-state index contributed by atoms with van der Waals surface area (Å²) in [4.78, 5) is 34.4. The summed E-state index contributed by atoms with van der Waals surface area (Å²) in [5.41, 5.74) is 0. The van der Waals surface area contributed by atoms with Crippen LogP contribution in [0.5, 0.6) is 0 Å². The number of carboxylic acid groups (broad SMARTS) is 1. The monoisotopic (exact) mass is 308 g/mol. The van der Waals surface area contributed by atoms with E-state index in [1.54, 1.807) is 0 Å². The molecule has 0 aromatic heterocycles. The van der Waals surface area contributed by atoms with Gasteiger partial charge in [-0.25, -0.2) is 18.0 Å². The van der Waals surface area contributed by atoms with Gasteiger partial charge in [-0.3, -0.25) is 10.1 Å². The molecule has 20 heavy (non-hydrogen) atoms. The van der Waals surface area contributed by atoms with E-state index in [1.807, 2.05) is 5.32 Å². The van der Waals surface area contributed by atoms with E-state index in [9.17, 15) is 22.8 Å². The third kappa shape index (κ3) is 5.97. The summed E-state index contributed by atoms with van der Waals surface area (Å²) in [5.74, 6) is -2.11. The molecule has 0 aromatic rings. The number of carboxylic acids is 1. The van der Waals surface area contributed by atoms with Gasteiger partial charge >= 0.3 is 12.0 Å². The number of hydrogen-bond donors (Lipinski definition) is 2. The average molecular weight is 308 g/mol. The minimum atomic E-state index is -3.13. The minimum Gasteiger partial charge on any atom is -0.480 e. The van der Waals surface area contributed by atoms with Crippen LogP contribution in [-0.4, -0.2) is 74.1 Å². The average Bonchev–Trinajstić information content (AvgIpc) is 2.49. The predicted octanol–water partition coefficient (Wildman–Crippen LogP) is -1.56. The Morgan fingerprint density at radius 3 is 2.50 bits per heavy atom. The van der Waals surface area contributed by atoms with Gasteiger partial charge in [0.1, 0.15) is 13.2 Å². The van der Waals surface area contributed by atoms with Crippen molar-refractivity contribution in [1.29, 1.82) is 0 Å². The van der Waals surface area contributed by atoms with E-state index < -0.39 is 41.0 Å². The molecule has 10 heteroatoms. The maximum Gasteiger partial charge on any atom is 0.329 e. The Hall–Kier alpha value is -1.68. The van der Waals surface area contributed by atoms with Crippen molar-refractivity contribution >= 4 is 27.7 Å². The molecule has 0 radical (unpaired) electrons. The van der Waals surface area contributed by atoms with Crippen LogP contribution in [0.2, 0.25) is 0 Å². The fourth-order valence-electron chi connectivity index (χ4n) is 1.61. The van der Waals surface area contributed by atoms with Crippen LogP contribution < -0.4 is 5.32 Å². The molecular weight excluding hydrogens is 292 g/mol. The van der Waals surface area contributed by atoms with E-state index in [-0.39, 0.29) is 24.6 Å². The molecule has 1 rings (SSSR count). The van der Waals surface area contributed by atoms with Gasteiger partial charge in [-0.2, -0.15) is 0 Å². The van der Waals surface area contributed by atoms with E-state index in [2.05, 4.69) is 4.74 Å². The van der Waals surface area contributed by atoms with Crippen molar-refractivity contribution in [1.82, 2.24) is 10.2 Å². The Bertz CT molecular complexity index is 488. The second-order valence-electron chi connectivity index (χ2n) is 4.23. The molecule has 2 N–H and O–H groups in total. The zero-order chi connectivity index (χ0) is 15.2. The molecule has 0 unspecified atom stereocenters. The van der Waals surface area contributed by atoms with Gasteiger partial charge < -0.3 is 14.7 Å². The number of hydrogen-bond acceptors (Lipinski definition) is 6. The summed E-state index contributed by atoms with van der Waals surface area (Å²) in [5, 5.41) is 10.3. The normalized spacial score (nSPS) is 18.1. The number of urea groups is 1. The lowest BCUT2D eigenvalue weighted by Gasteiger charge is -2.19. The van der Waals surface area contributed by atoms with Crippen LogP contribution in [0.4, 0.5) is 4.79 Å². The first-order chi connectivity index (χ1) is 9.30. The molecule has 1 aliphatic rings. The standard InChI is InChI=1S/C10H16N2O7S/c13-8(6-19-7-9(14)15)11-10(16)12-2-1-4-20(17,18)5-3-12/h1-7H2,(H,14,15)(H,11,13,16). The molecule has 1 fully saturated rings. The molecule has 114 valence electrons. The van der Waals surface area contributed by atoms with Crippen LogP contribution >= 0.6 is 0 Å². The topological polar surface area (TPSA) is 130 Å². The van der Waals surface area contributed by atoms with Gasteiger partial charge in [0, 0.05) is 13.1 Å². The number of sulfone groups is 1. The van der Waals surface area contributed by atoms with E-state index in [4.69, 9.17) is 5.11 Å². The van der Waals surface area contributed by atoms with Crippen molar-refractivity contribution in [3.63, 3.8) is 0 Å². The van der Waals surface area contributed by atoms with Gasteiger partial charge in [0.05, 0.1) is 11.5 Å². The Kier molecular flexibility index (Phi) is 5.89. The summed E-state index contributed by atoms with van der Waals surface area (Å²) in [7, 11) is -3.13. The third-order valence-electron chi connectivity index (χ3n) is 2.55. The minimum absolute atomic E-state index is 0.0203. The molecule has 0 aromatic carbocycles. The van der Waals surface area contributed by atoms with Crippen LogP contribution in [0.1, 0.15) is 6.42 Å². The highest BCUT2D eigenvalue weighted by Gasteiger charge is 2.23. The molecule has 1 heterocycles. The van der Waals surface area contributed by atoms with Crippen molar-refractivity contribution in [2.75, 3.05) is 37.8 Å². The van der Waals surface area contributed by atoms with Crippen molar-refractivity contribution in [3.8, 4) is 0 Å². The highest BCUT2D eigenvalue weighted by Crippen LogP contribution is 2.04. The van der Waals surface area contributed by atoms with Crippen LogP contribution in [0, 0.1) is 0 Å². The molecule has 0 atom stereocenters. The largest absolute Gasteiger partial charge is 0.480 e. The lowest BCUT2D eigenvalue weighted by molar-refractivity contribution is -0.143. The summed E-state index contributed by atoms with van der Waals surface area (Å²) in [6.07, 6.45) is 0.319. The first-order valence-electron chi connectivity index (χ1n) is 5.89. The molecule has 1 saturated heterocycles. The maximum atomic E-state index is 11.7. The smallest absolute Gasteiger partial charge is 0.329 e. The van der Waals surface area contributed by atoms with Crippen LogP contribution in [0.25, 0.3) is 0 Å². The highest BCUT2D eigenvalue weighted by atomic mass is 32.2. The number of nitrogens with zero attached hydrogens (tertiary/aromatic N) is 1. The van der Waals surface area contributed by atoms with Gasteiger partial charge in [0.25, 0.3) is 5.91 Å². The number of rotatable bonds is 4. The van der Waals surface area contributed by atoms with E-state index in [0.717, 1.165) is 0 Å². The number of aliphatic carboxylic acids is 1. The maximum absolute atomic E-state index is 11.7. The summed E-state index contributed by atoms with van der Waals surface area (Å²) < 4.78 is 27.3. The molecule has 3 amide bonds. The number of imide groups is 1. The fourth-order valence-corrected chi connectivity index (χ4v) is 2.88. The molecule has 0 bridgehead atoms. The number of ether oxygens (including phenoxy) is 1.